The second-order valence-electron chi connectivity index (χ2n) is 11.2. The van der Waals surface area contributed by atoms with Crippen LogP contribution in [0.1, 0.15) is 74.3 Å². The number of nitriles is 1. The van der Waals surface area contributed by atoms with E-state index in [4.69, 9.17) is 33.0 Å². The molecule has 0 aliphatic heterocycles. The highest BCUT2D eigenvalue weighted by atomic mass is 35.5. The molecule has 210 valence electrons. The minimum absolute atomic E-state index is 0.195. The topological polar surface area (TPSA) is 103 Å². The van der Waals surface area contributed by atoms with Gasteiger partial charge in [0.2, 0.25) is 0 Å². The normalized spacial score (nSPS) is 22.2. The summed E-state index contributed by atoms with van der Waals surface area (Å²) in [6.07, 6.45) is 5.18. The predicted octanol–water partition coefficient (Wildman–Crippen LogP) is 8.21. The minimum atomic E-state index is -1.25. The third-order valence-electron chi connectivity index (χ3n) is 8.07. The van der Waals surface area contributed by atoms with E-state index in [1.165, 1.54) is 31.7 Å². The lowest BCUT2D eigenvalue weighted by Gasteiger charge is -2.29. The molecule has 0 saturated heterocycles. The van der Waals surface area contributed by atoms with Crippen LogP contribution in [-0.2, 0) is 12.2 Å². The fourth-order valence-electron chi connectivity index (χ4n) is 6.33. The van der Waals surface area contributed by atoms with Gasteiger partial charge in [0.15, 0.2) is 11.6 Å². The third kappa shape index (κ3) is 5.38. The Morgan fingerprint density at radius 2 is 1.95 bits per heavy atom. The summed E-state index contributed by atoms with van der Waals surface area (Å²) in [5.41, 5.74) is 0.783. The van der Waals surface area contributed by atoms with Crippen LogP contribution in [0.4, 0.5) is 4.39 Å². The number of nitrogens with zero attached hydrogens (tertiary/aromatic N) is 3. The molecule has 10 heteroatoms. The first-order chi connectivity index (χ1) is 19.0. The summed E-state index contributed by atoms with van der Waals surface area (Å²) in [4.78, 5) is 4.62. The van der Waals surface area contributed by atoms with Crippen LogP contribution in [0.3, 0.4) is 0 Å². The molecule has 6 rings (SSSR count). The molecule has 2 aliphatic carbocycles. The zero-order valence-electron chi connectivity index (χ0n) is 22.4. The van der Waals surface area contributed by atoms with Gasteiger partial charge in [0.1, 0.15) is 16.8 Å². The maximum atomic E-state index is 14.1. The first-order valence-electron chi connectivity index (χ1n) is 13.3. The quantitative estimate of drug-likeness (QED) is 0.244. The van der Waals surface area contributed by atoms with Crippen molar-refractivity contribution in [3.8, 4) is 17.3 Å². The van der Waals surface area contributed by atoms with E-state index in [1.54, 1.807) is 49.4 Å². The molecule has 4 unspecified atom stereocenters. The van der Waals surface area contributed by atoms with Crippen molar-refractivity contribution in [2.75, 3.05) is 0 Å². The smallest absolute Gasteiger partial charge is 0.173 e. The van der Waals surface area contributed by atoms with Crippen LogP contribution in [-0.4, -0.2) is 20.4 Å². The zero-order valence-corrected chi connectivity index (χ0v) is 24.7. The van der Waals surface area contributed by atoms with Crippen LogP contribution in [0.25, 0.3) is 21.5 Å². The number of aliphatic hydroxyl groups is 2. The largest absolute Gasteiger partial charge is 0.391 e. The van der Waals surface area contributed by atoms with Crippen molar-refractivity contribution in [3.63, 3.8) is 0 Å². The third-order valence-corrected chi connectivity index (χ3v) is 9.80. The number of aromatic nitrogens is 2. The maximum absolute atomic E-state index is 14.1. The van der Waals surface area contributed by atoms with Crippen molar-refractivity contribution < 1.29 is 19.1 Å². The molecule has 6 nitrogen and oxygen atoms in total. The van der Waals surface area contributed by atoms with Gasteiger partial charge in [-0.25, -0.2) is 9.37 Å². The molecule has 2 saturated carbocycles. The minimum Gasteiger partial charge on any atom is -0.391 e. The molecule has 2 fully saturated rings. The van der Waals surface area contributed by atoms with Crippen LogP contribution in [0, 0.1) is 34.9 Å². The highest BCUT2D eigenvalue weighted by molar-refractivity contribution is 7.18. The van der Waals surface area contributed by atoms with Gasteiger partial charge < -0.3 is 14.7 Å². The van der Waals surface area contributed by atoms with Gasteiger partial charge in [0.05, 0.1) is 43.6 Å². The fourth-order valence-corrected chi connectivity index (χ4v) is 8.20. The summed E-state index contributed by atoms with van der Waals surface area (Å²) in [7, 11) is 0. The Balaban J connectivity index is 0.000000162. The molecule has 2 heterocycles. The Labute approximate surface area is 246 Å². The predicted molar refractivity (Wildman–Crippen MR) is 155 cm³/mol. The van der Waals surface area contributed by atoms with Crippen LogP contribution < -0.4 is 0 Å². The number of rotatable bonds is 4. The summed E-state index contributed by atoms with van der Waals surface area (Å²) in [6.45, 7) is 5.11. The van der Waals surface area contributed by atoms with Crippen molar-refractivity contribution in [3.05, 3.63) is 68.1 Å². The first-order valence-corrected chi connectivity index (χ1v) is 14.9. The lowest BCUT2D eigenvalue weighted by atomic mass is 9.78. The van der Waals surface area contributed by atoms with Gasteiger partial charge in [-0.05, 0) is 75.1 Å². The summed E-state index contributed by atoms with van der Waals surface area (Å²) in [5, 5.41) is 34.2. The monoisotopic (exact) mass is 601 g/mol. The Morgan fingerprint density at radius 3 is 2.58 bits per heavy atom. The Bertz CT molecular complexity index is 1570. The number of fused-ring (bicyclic) bond motifs is 3. The Kier molecular flexibility index (Phi) is 8.24. The SMILES string of the molecule is CC(C)(O)c1onc(-c2c(Cl)cccc2Cl)c1CO.CC1CC2CCCC1C2c1nc2c(F)cc(C#N)cc2s1. The lowest BCUT2D eigenvalue weighted by Crippen LogP contribution is -2.19. The molecule has 0 spiro atoms. The number of halogens is 3. The molecular formula is C30H30Cl2FN3O3S. The zero-order chi connectivity index (χ0) is 28.8. The van der Waals surface area contributed by atoms with Crippen molar-refractivity contribution in [1.82, 2.24) is 10.1 Å². The van der Waals surface area contributed by atoms with Gasteiger partial charge >= 0.3 is 0 Å². The average Bonchev–Trinajstić information content (AvgIpc) is 3.57. The van der Waals surface area contributed by atoms with Gasteiger partial charge in [-0.3, -0.25) is 0 Å². The van der Waals surface area contributed by atoms with Gasteiger partial charge in [0.25, 0.3) is 0 Å². The summed E-state index contributed by atoms with van der Waals surface area (Å²) >= 11 is 13.8. The summed E-state index contributed by atoms with van der Waals surface area (Å²) < 4.78 is 20.1. The highest BCUT2D eigenvalue weighted by Crippen LogP contribution is 2.56. The maximum Gasteiger partial charge on any atom is 0.173 e. The summed E-state index contributed by atoms with van der Waals surface area (Å²) in [5.74, 6) is 2.54. The number of thiazole rings is 1. The van der Waals surface area contributed by atoms with E-state index >= 15 is 0 Å². The Hall–Kier alpha value is -2.54. The van der Waals surface area contributed by atoms with Crippen molar-refractivity contribution in [2.45, 2.75) is 64.6 Å². The van der Waals surface area contributed by atoms with Crippen LogP contribution in [0.5, 0.6) is 0 Å². The van der Waals surface area contributed by atoms with Gasteiger partial charge in [-0.1, -0.05) is 47.8 Å². The van der Waals surface area contributed by atoms with Gasteiger partial charge in [0, 0.05) is 11.5 Å². The van der Waals surface area contributed by atoms with Crippen LogP contribution >= 0.6 is 34.5 Å². The lowest BCUT2D eigenvalue weighted by molar-refractivity contribution is 0.0448. The molecule has 0 amide bonds. The Morgan fingerprint density at radius 1 is 1.23 bits per heavy atom. The molecule has 40 heavy (non-hydrogen) atoms. The number of aliphatic hydroxyl groups excluding tert-OH is 1. The van der Waals surface area contributed by atoms with E-state index in [9.17, 15) is 14.6 Å². The molecule has 2 aliphatic rings. The van der Waals surface area contributed by atoms with Gasteiger partial charge in [-0.15, -0.1) is 11.3 Å². The highest BCUT2D eigenvalue weighted by Gasteiger charge is 2.45. The number of benzene rings is 2. The molecule has 4 atom stereocenters. The molecule has 2 aromatic carbocycles. The molecule has 2 bridgehead atoms. The van der Waals surface area contributed by atoms with Crippen molar-refractivity contribution >= 4 is 44.8 Å². The molecular weight excluding hydrogens is 572 g/mol. The van der Waals surface area contributed by atoms with Crippen molar-refractivity contribution in [2.24, 2.45) is 17.8 Å². The number of hydrogen-bond acceptors (Lipinski definition) is 7. The second-order valence-corrected chi connectivity index (χ2v) is 13.1. The second kappa shape index (κ2) is 11.4. The molecule has 4 aromatic rings. The van der Waals surface area contributed by atoms with Crippen LogP contribution in [0.15, 0.2) is 34.9 Å². The fraction of sp³-hybridized carbons (Fsp3) is 0.433. The molecule has 2 N–H and O–H groups in total. The van der Waals surface area contributed by atoms with E-state index in [2.05, 4.69) is 17.1 Å². The van der Waals surface area contributed by atoms with Gasteiger partial charge in [-0.2, -0.15) is 5.26 Å². The van der Waals surface area contributed by atoms with Crippen LogP contribution in [0.2, 0.25) is 10.0 Å². The number of hydrogen-bond donors (Lipinski definition) is 2. The molecule has 0 radical (unpaired) electrons. The van der Waals surface area contributed by atoms with E-state index in [0.29, 0.717) is 49.8 Å². The standard InChI is InChI=1S/C17H17FN2S.C13H13Cl2NO3/c1-9-5-11-3-2-4-12(9)15(11)17-20-16-13(18)6-10(8-19)7-14(16)21-17;1-13(2,18)12-7(6-17)11(16-19-12)10-8(14)4-3-5-9(10)15/h6-7,9,11-12,15H,2-5H2,1H3;3-5,17-18H,6H2,1-2H3. The van der Waals surface area contributed by atoms with E-state index < -0.39 is 5.60 Å². The van der Waals surface area contributed by atoms with E-state index in [1.807, 2.05) is 6.07 Å². The van der Waals surface area contributed by atoms with Crippen molar-refractivity contribution in [1.29, 1.82) is 5.26 Å². The summed E-state index contributed by atoms with van der Waals surface area (Å²) in [6, 6.07) is 10.1. The molecule has 2 aromatic heterocycles. The first kappa shape index (κ1) is 29.0. The van der Waals surface area contributed by atoms with E-state index in [0.717, 1.165) is 21.5 Å². The van der Waals surface area contributed by atoms with E-state index in [-0.39, 0.29) is 18.2 Å². The average molecular weight is 603 g/mol.